The lowest BCUT2D eigenvalue weighted by Gasteiger charge is -2.35. The van der Waals surface area contributed by atoms with Crippen molar-refractivity contribution in [2.75, 3.05) is 70.7 Å². The van der Waals surface area contributed by atoms with E-state index in [4.69, 9.17) is 13.8 Å². The van der Waals surface area contributed by atoms with Gasteiger partial charge in [0.25, 0.3) is 5.91 Å². The summed E-state index contributed by atoms with van der Waals surface area (Å²) < 4.78 is 29.6. The van der Waals surface area contributed by atoms with E-state index in [1.54, 1.807) is 27.0 Å². The normalized spacial score (nSPS) is 17.9. The fourth-order valence-corrected chi connectivity index (χ4v) is 7.10. The van der Waals surface area contributed by atoms with Gasteiger partial charge in [0.1, 0.15) is 11.7 Å². The number of amides is 3. The zero-order chi connectivity index (χ0) is 31.7. The van der Waals surface area contributed by atoms with Crippen molar-refractivity contribution in [2.45, 2.75) is 38.8 Å². The Morgan fingerprint density at radius 2 is 1.68 bits per heavy atom. The van der Waals surface area contributed by atoms with Crippen LogP contribution in [0.25, 0.3) is 11.3 Å². The molecule has 2 saturated heterocycles. The summed E-state index contributed by atoms with van der Waals surface area (Å²) in [5.41, 5.74) is 2.39. The van der Waals surface area contributed by atoms with Crippen LogP contribution in [-0.4, -0.2) is 116 Å². The van der Waals surface area contributed by atoms with Gasteiger partial charge in [-0.2, -0.15) is 0 Å². The van der Waals surface area contributed by atoms with E-state index in [-0.39, 0.29) is 63.8 Å². The predicted octanol–water partition coefficient (Wildman–Crippen LogP) is 3.55. The van der Waals surface area contributed by atoms with Crippen LogP contribution in [0.1, 0.15) is 37.2 Å². The van der Waals surface area contributed by atoms with Crippen molar-refractivity contribution in [3.05, 3.63) is 48.2 Å². The molecule has 1 aromatic heterocycles. The fourth-order valence-electron chi connectivity index (χ4n) is 5.40. The Kier molecular flexibility index (Phi) is 11.7. The smallest absolute Gasteiger partial charge is 0.407 e. The number of carbonyl (C=O) groups is 3. The van der Waals surface area contributed by atoms with E-state index in [0.717, 1.165) is 24.2 Å². The van der Waals surface area contributed by atoms with Gasteiger partial charge in [-0.15, -0.1) is 0 Å². The summed E-state index contributed by atoms with van der Waals surface area (Å²) in [7, 11) is -1.83. The highest BCUT2D eigenvalue weighted by Gasteiger charge is 2.34. The van der Waals surface area contributed by atoms with Crippen molar-refractivity contribution in [2.24, 2.45) is 0 Å². The van der Waals surface area contributed by atoms with Gasteiger partial charge in [-0.05, 0) is 38.8 Å². The lowest BCUT2D eigenvalue weighted by Crippen LogP contribution is -2.56. The molecule has 44 heavy (non-hydrogen) atoms. The second-order valence-electron chi connectivity index (χ2n) is 10.6. The standard InChI is InChI=1S/C30H42N5O8P/c1-4-42-44(40,43-5-2)18-12-25(29(37)33-14-16-34(17-15-33)30(38)39)32-28(36)27-20-23(35-13-11-24(21-35)41-3)19-26(31-27)22-9-7-6-8-10-22/h6-10,19-20,24-25H,4-5,11-18,21H2,1-3H3,(H,32,36)(H,38,39)/t24-,25+/m0/s1. The van der Waals surface area contributed by atoms with Gasteiger partial charge in [-0.3, -0.25) is 14.2 Å². The molecule has 2 aromatic rings. The molecule has 2 fully saturated rings. The van der Waals surface area contributed by atoms with Crippen LogP contribution in [0.3, 0.4) is 0 Å². The molecule has 0 saturated carbocycles. The first kappa shape index (κ1) is 33.4. The first-order valence-corrected chi connectivity index (χ1v) is 16.7. The van der Waals surface area contributed by atoms with Gasteiger partial charge in [0.05, 0.1) is 31.2 Å². The molecule has 4 rings (SSSR count). The molecular formula is C30H42N5O8P. The molecule has 0 unspecified atom stereocenters. The van der Waals surface area contributed by atoms with E-state index in [2.05, 4.69) is 15.2 Å². The highest BCUT2D eigenvalue weighted by atomic mass is 31.2. The first-order chi connectivity index (χ1) is 21.2. The number of hydrogen-bond acceptors (Lipinski definition) is 9. The minimum Gasteiger partial charge on any atom is -0.465 e. The monoisotopic (exact) mass is 631 g/mol. The number of benzene rings is 1. The Bertz CT molecular complexity index is 1330. The molecule has 240 valence electrons. The zero-order valence-corrected chi connectivity index (χ0v) is 26.4. The number of nitrogens with one attached hydrogen (secondary N) is 1. The summed E-state index contributed by atoms with van der Waals surface area (Å²) in [6, 6.07) is 12.1. The third-order valence-corrected chi connectivity index (χ3v) is 9.87. The van der Waals surface area contributed by atoms with Gasteiger partial charge in [0.15, 0.2) is 0 Å². The van der Waals surface area contributed by atoms with Crippen LogP contribution >= 0.6 is 7.60 Å². The van der Waals surface area contributed by atoms with Gasteiger partial charge in [-0.25, -0.2) is 9.78 Å². The third-order valence-electron chi connectivity index (χ3n) is 7.76. The maximum absolute atomic E-state index is 13.8. The number of rotatable bonds is 13. The van der Waals surface area contributed by atoms with Crippen LogP contribution in [0.5, 0.6) is 0 Å². The van der Waals surface area contributed by atoms with Gasteiger partial charge in [0.2, 0.25) is 5.91 Å². The first-order valence-electron chi connectivity index (χ1n) is 15.0. The van der Waals surface area contributed by atoms with Crippen molar-refractivity contribution in [3.8, 4) is 11.3 Å². The highest BCUT2D eigenvalue weighted by Crippen LogP contribution is 2.48. The van der Waals surface area contributed by atoms with Crippen molar-refractivity contribution < 1.29 is 37.8 Å². The number of piperazine rings is 1. The molecule has 2 aliphatic rings. The summed E-state index contributed by atoms with van der Waals surface area (Å²) in [5, 5.41) is 12.2. The summed E-state index contributed by atoms with van der Waals surface area (Å²) in [5.74, 6) is -0.957. The molecule has 3 amide bonds. The number of aromatic nitrogens is 1. The molecule has 0 spiro atoms. The molecule has 3 heterocycles. The Hall–Kier alpha value is -3.51. The summed E-state index contributed by atoms with van der Waals surface area (Å²) in [6.45, 7) is 5.82. The average molecular weight is 632 g/mol. The molecule has 0 aliphatic carbocycles. The minimum atomic E-state index is -3.51. The van der Waals surface area contributed by atoms with Crippen molar-refractivity contribution in [3.63, 3.8) is 0 Å². The number of hydrogen-bond donors (Lipinski definition) is 2. The summed E-state index contributed by atoms with van der Waals surface area (Å²) in [6.07, 6.45) is -0.211. The molecule has 1 aromatic carbocycles. The second-order valence-corrected chi connectivity index (χ2v) is 12.8. The van der Waals surface area contributed by atoms with E-state index >= 15 is 0 Å². The van der Waals surface area contributed by atoms with E-state index in [1.165, 1.54) is 9.80 Å². The Morgan fingerprint density at radius 1 is 1.02 bits per heavy atom. The van der Waals surface area contributed by atoms with Crippen LogP contribution in [0.4, 0.5) is 10.5 Å². The van der Waals surface area contributed by atoms with Crippen molar-refractivity contribution in [1.29, 1.82) is 0 Å². The number of methoxy groups -OCH3 is 1. The minimum absolute atomic E-state index is 0.00608. The van der Waals surface area contributed by atoms with Crippen LogP contribution in [-0.2, 0) is 23.1 Å². The maximum Gasteiger partial charge on any atom is 0.407 e. The number of anilines is 1. The van der Waals surface area contributed by atoms with E-state index in [1.807, 2.05) is 36.4 Å². The van der Waals surface area contributed by atoms with Crippen LogP contribution in [0, 0.1) is 0 Å². The molecule has 0 bridgehead atoms. The lowest BCUT2D eigenvalue weighted by molar-refractivity contribution is -0.134. The summed E-state index contributed by atoms with van der Waals surface area (Å²) >= 11 is 0. The molecule has 2 atom stereocenters. The largest absolute Gasteiger partial charge is 0.465 e. The van der Waals surface area contributed by atoms with Gasteiger partial charge < -0.3 is 38.9 Å². The Labute approximate surface area is 258 Å². The Morgan fingerprint density at radius 3 is 2.27 bits per heavy atom. The number of carbonyl (C=O) groups excluding carboxylic acids is 2. The van der Waals surface area contributed by atoms with Gasteiger partial charge in [0, 0.05) is 57.6 Å². The Balaban J connectivity index is 1.61. The van der Waals surface area contributed by atoms with Crippen molar-refractivity contribution >= 4 is 31.2 Å². The number of carboxylic acid groups (broad SMARTS) is 1. The topological polar surface area (TPSA) is 151 Å². The van der Waals surface area contributed by atoms with E-state index < -0.39 is 31.5 Å². The SMILES string of the molecule is CCOP(=O)(CC[C@@H](NC(=O)c1cc(N2CC[C@H](OC)C2)cc(-c2ccccc2)n1)C(=O)N1CCN(C(=O)O)CC1)OCC. The number of ether oxygens (including phenoxy) is 1. The van der Waals surface area contributed by atoms with Crippen LogP contribution in [0.2, 0.25) is 0 Å². The predicted molar refractivity (Wildman–Crippen MR) is 165 cm³/mol. The third kappa shape index (κ3) is 8.56. The van der Waals surface area contributed by atoms with E-state index in [9.17, 15) is 24.1 Å². The molecule has 13 nitrogen and oxygen atoms in total. The van der Waals surface area contributed by atoms with Crippen molar-refractivity contribution in [1.82, 2.24) is 20.1 Å². The molecule has 14 heteroatoms. The second kappa shape index (κ2) is 15.5. The molecule has 2 N–H and O–H groups in total. The molecule has 2 aliphatic heterocycles. The lowest BCUT2D eigenvalue weighted by atomic mass is 10.1. The summed E-state index contributed by atoms with van der Waals surface area (Å²) in [4.78, 5) is 48.5. The average Bonchev–Trinajstić information content (AvgIpc) is 3.53. The van der Waals surface area contributed by atoms with Gasteiger partial charge >= 0.3 is 13.7 Å². The van der Waals surface area contributed by atoms with Gasteiger partial charge in [-0.1, -0.05) is 30.3 Å². The number of nitrogens with zero attached hydrogens (tertiary/aromatic N) is 4. The quantitative estimate of drug-likeness (QED) is 0.314. The maximum atomic E-state index is 13.8. The zero-order valence-electron chi connectivity index (χ0n) is 25.5. The highest BCUT2D eigenvalue weighted by molar-refractivity contribution is 7.53. The number of pyridine rings is 1. The van der Waals surface area contributed by atoms with E-state index in [0.29, 0.717) is 12.2 Å². The fraction of sp³-hybridized carbons (Fsp3) is 0.533. The van der Waals surface area contributed by atoms with Crippen LogP contribution < -0.4 is 10.2 Å². The molecular weight excluding hydrogens is 589 g/mol. The molecule has 0 radical (unpaired) electrons. The van der Waals surface area contributed by atoms with Crippen LogP contribution in [0.15, 0.2) is 42.5 Å².